The number of urea groups is 1. The van der Waals surface area contributed by atoms with Crippen LogP contribution in [0.25, 0.3) is 0 Å². The molecule has 0 N–H and O–H groups in total. The molecular formula is C9H14BF4N3O4. The zero-order valence-corrected chi connectivity index (χ0v) is 11.7. The zero-order valence-electron chi connectivity index (χ0n) is 11.7. The van der Waals surface area contributed by atoms with E-state index < -0.39 is 19.1 Å². The summed E-state index contributed by atoms with van der Waals surface area (Å²) in [6.07, 6.45) is 2.22. The van der Waals surface area contributed by atoms with Gasteiger partial charge in [0.2, 0.25) is 0 Å². The molecule has 0 saturated carbocycles. The fourth-order valence-corrected chi connectivity index (χ4v) is 1.08. The van der Waals surface area contributed by atoms with E-state index in [0.717, 1.165) is 12.2 Å². The van der Waals surface area contributed by atoms with Crippen LogP contribution >= 0.6 is 0 Å². The first-order chi connectivity index (χ1) is 9.43. The summed E-state index contributed by atoms with van der Waals surface area (Å²) in [5, 5.41) is 0.535. The van der Waals surface area contributed by atoms with Gasteiger partial charge in [0, 0.05) is 45.3 Å². The molecule has 0 atom stereocenters. The highest BCUT2D eigenvalue weighted by Crippen LogP contribution is 2.08. The van der Waals surface area contributed by atoms with Crippen molar-refractivity contribution in [1.29, 1.82) is 0 Å². The maximum absolute atomic E-state index is 11.1. The molecule has 0 saturated heterocycles. The molecule has 0 spiro atoms. The Morgan fingerprint density at radius 1 is 1.05 bits per heavy atom. The number of hydrogen-bond donors (Lipinski definition) is 0. The lowest BCUT2D eigenvalue weighted by molar-refractivity contribution is -0.582. The Kier molecular flexibility index (Phi) is 6.69. The third-order valence-corrected chi connectivity index (χ3v) is 1.72. The van der Waals surface area contributed by atoms with Gasteiger partial charge in [0.1, 0.15) is 4.58 Å². The van der Waals surface area contributed by atoms with Crippen LogP contribution in [0.3, 0.4) is 0 Å². The van der Waals surface area contributed by atoms with Gasteiger partial charge in [0.15, 0.2) is 0 Å². The summed E-state index contributed by atoms with van der Waals surface area (Å²) in [4.78, 5) is 30.2. The van der Waals surface area contributed by atoms with Crippen LogP contribution in [-0.4, -0.2) is 68.2 Å². The van der Waals surface area contributed by atoms with E-state index in [0.29, 0.717) is 11.1 Å². The van der Waals surface area contributed by atoms with Gasteiger partial charge in [0.25, 0.3) is 11.8 Å². The van der Waals surface area contributed by atoms with Gasteiger partial charge < -0.3 is 17.3 Å². The molecule has 1 aliphatic heterocycles. The van der Waals surface area contributed by atoms with Crippen molar-refractivity contribution in [1.82, 2.24) is 14.9 Å². The lowest BCUT2D eigenvalue weighted by atomic mass is 10.3. The van der Waals surface area contributed by atoms with Crippen LogP contribution in [0.4, 0.5) is 21.8 Å². The van der Waals surface area contributed by atoms with Crippen LogP contribution < -0.4 is 0 Å². The number of nitrogens with zero attached hydrogens (tertiary/aromatic N) is 3. The minimum atomic E-state index is -6.00. The van der Waals surface area contributed by atoms with Crippen LogP contribution in [0.5, 0.6) is 0 Å². The summed E-state index contributed by atoms with van der Waals surface area (Å²) in [6.45, 7) is 0. The van der Waals surface area contributed by atoms with E-state index in [9.17, 15) is 26.9 Å². The molecule has 120 valence electrons. The molecule has 4 amide bonds. The van der Waals surface area contributed by atoms with Crippen molar-refractivity contribution in [3.63, 3.8) is 0 Å². The van der Waals surface area contributed by atoms with Crippen molar-refractivity contribution in [2.45, 2.75) is 0 Å². The van der Waals surface area contributed by atoms with Gasteiger partial charge in [-0.3, -0.25) is 19.4 Å². The van der Waals surface area contributed by atoms with Crippen molar-refractivity contribution in [2.24, 2.45) is 0 Å². The van der Waals surface area contributed by atoms with Crippen LogP contribution in [0.15, 0.2) is 12.2 Å². The van der Waals surface area contributed by atoms with Gasteiger partial charge in [-0.25, -0.2) is 0 Å². The van der Waals surface area contributed by atoms with Gasteiger partial charge >= 0.3 is 13.3 Å². The van der Waals surface area contributed by atoms with Gasteiger partial charge in [-0.2, -0.15) is 0 Å². The van der Waals surface area contributed by atoms with Crippen LogP contribution in [-0.2, 0) is 14.6 Å². The van der Waals surface area contributed by atoms with E-state index in [1.807, 2.05) is 0 Å². The van der Waals surface area contributed by atoms with Crippen LogP contribution in [0.2, 0.25) is 0 Å². The number of carbonyl (C=O) groups excluding carboxylic acids is 3. The number of imide groups is 1. The molecule has 0 fully saturated rings. The molecular weight excluding hydrogens is 301 g/mol. The summed E-state index contributed by atoms with van der Waals surface area (Å²) >= 11 is 0. The van der Waals surface area contributed by atoms with Gasteiger partial charge in [-0.1, -0.05) is 0 Å². The highest BCUT2D eigenvalue weighted by molar-refractivity contribution is 6.50. The minimum Gasteiger partial charge on any atom is -0.418 e. The SMILES string of the molecule is CN(C)C(=[O+]ON1C(=O)C=CC1=O)N(C)C.F[B-](F)(F)F. The Hall–Kier alpha value is -2.27. The molecule has 0 aliphatic carbocycles. The topological polar surface area (TPSA) is 64.4 Å². The quantitative estimate of drug-likeness (QED) is 0.189. The monoisotopic (exact) mass is 315 g/mol. The van der Waals surface area contributed by atoms with Crippen molar-refractivity contribution in [2.75, 3.05) is 28.2 Å². The Morgan fingerprint density at radius 3 is 1.67 bits per heavy atom. The normalized spacial score (nSPS) is 13.6. The second-order valence-corrected chi connectivity index (χ2v) is 4.03. The molecule has 7 nitrogen and oxygen atoms in total. The molecule has 1 rings (SSSR count). The standard InChI is InChI=1S/C9H14N3O4.BF4/c1-10(2)9(11(3)4)15-16-12-7(13)5-6-8(12)14;2-1(3,4)5/h5-6H,1-4H3;/q+1;-1. The third-order valence-electron chi connectivity index (χ3n) is 1.72. The highest BCUT2D eigenvalue weighted by atomic mass is 19.5. The fraction of sp³-hybridized carbons (Fsp3) is 0.444. The lowest BCUT2D eigenvalue weighted by Crippen LogP contribution is -2.36. The second-order valence-electron chi connectivity index (χ2n) is 4.03. The molecule has 1 heterocycles. The number of rotatable bonds is 2. The Labute approximate surface area is 118 Å². The first-order valence-electron chi connectivity index (χ1n) is 5.43. The average Bonchev–Trinajstić information content (AvgIpc) is 2.57. The predicted molar refractivity (Wildman–Crippen MR) is 65.0 cm³/mol. The summed E-state index contributed by atoms with van der Waals surface area (Å²) < 4.78 is 43.9. The molecule has 0 aromatic heterocycles. The van der Waals surface area contributed by atoms with E-state index in [2.05, 4.69) is 4.99 Å². The predicted octanol–water partition coefficient (Wildman–Crippen LogP) is 0.837. The molecule has 0 bridgehead atoms. The van der Waals surface area contributed by atoms with Crippen molar-refractivity contribution in [3.05, 3.63) is 12.2 Å². The molecule has 0 unspecified atom stereocenters. The smallest absolute Gasteiger partial charge is 0.418 e. The number of halogens is 4. The average molecular weight is 315 g/mol. The lowest BCUT2D eigenvalue weighted by Gasteiger charge is -2.09. The second kappa shape index (κ2) is 7.50. The number of amides is 4. The maximum Gasteiger partial charge on any atom is 0.673 e. The van der Waals surface area contributed by atoms with E-state index in [1.165, 1.54) is 0 Å². The molecule has 0 radical (unpaired) electrons. The first kappa shape index (κ1) is 18.7. The highest BCUT2D eigenvalue weighted by Gasteiger charge is 2.32. The largest absolute Gasteiger partial charge is 0.673 e. The molecule has 1 aliphatic rings. The van der Waals surface area contributed by atoms with Crippen LogP contribution in [0.1, 0.15) is 0 Å². The number of carbonyl (C=O) groups is 2. The summed E-state index contributed by atoms with van der Waals surface area (Å²) in [5.74, 6) is -1.14. The minimum absolute atomic E-state index is 0.354. The molecule has 0 aromatic rings. The zero-order chi connectivity index (χ0) is 16.8. The first-order valence-corrected chi connectivity index (χ1v) is 5.43. The Morgan fingerprint density at radius 2 is 1.38 bits per heavy atom. The Bertz CT molecular complexity index is 417. The molecule has 12 heteroatoms. The molecule has 21 heavy (non-hydrogen) atoms. The summed E-state index contributed by atoms with van der Waals surface area (Å²) in [6, 6.07) is 0.354. The van der Waals surface area contributed by atoms with E-state index in [1.54, 1.807) is 38.0 Å². The Balaban J connectivity index is 0.000000690. The van der Waals surface area contributed by atoms with Crippen LogP contribution in [0, 0.1) is 0 Å². The summed E-state index contributed by atoms with van der Waals surface area (Å²) in [5.41, 5.74) is 0. The molecule has 0 aromatic carbocycles. The van der Waals surface area contributed by atoms with Crippen molar-refractivity contribution in [3.8, 4) is 0 Å². The van der Waals surface area contributed by atoms with E-state index in [-0.39, 0.29) is 0 Å². The number of hydrogen-bond acceptors (Lipinski definition) is 3. The summed E-state index contributed by atoms with van der Waals surface area (Å²) in [7, 11) is 0.963. The van der Waals surface area contributed by atoms with Gasteiger partial charge in [0.05, 0.1) is 0 Å². The van der Waals surface area contributed by atoms with Crippen molar-refractivity contribution >= 4 is 25.1 Å². The van der Waals surface area contributed by atoms with Crippen molar-refractivity contribution < 1.29 is 36.4 Å². The third kappa shape index (κ3) is 7.79. The fourth-order valence-electron chi connectivity index (χ4n) is 1.08. The maximum atomic E-state index is 11.1. The number of hydroxylamine groups is 2. The van der Waals surface area contributed by atoms with Gasteiger partial charge in [-0.05, 0) is 5.06 Å². The van der Waals surface area contributed by atoms with E-state index in [4.69, 9.17) is 4.58 Å². The van der Waals surface area contributed by atoms with E-state index >= 15 is 0 Å². The van der Waals surface area contributed by atoms with Gasteiger partial charge in [-0.15, -0.1) is 0 Å².